The van der Waals surface area contributed by atoms with Crippen LogP contribution < -0.4 is 0 Å². The summed E-state index contributed by atoms with van der Waals surface area (Å²) in [5.74, 6) is 2.21. The largest absolute Gasteiger partial charge is 0.0654 e. The Morgan fingerprint density at radius 3 is 1.52 bits per heavy atom. The maximum atomic E-state index is 2.46. The summed E-state index contributed by atoms with van der Waals surface area (Å²) in [4.78, 5) is 0. The first-order valence-corrected chi connectivity index (χ1v) is 11.8. The van der Waals surface area contributed by atoms with E-state index in [9.17, 15) is 0 Å². The molecule has 0 N–H and O–H groups in total. The highest BCUT2D eigenvalue weighted by Gasteiger charge is 2.36. The molecule has 1 saturated carbocycles. The van der Waals surface area contributed by atoms with Crippen LogP contribution in [0.4, 0.5) is 0 Å². The van der Waals surface area contributed by atoms with E-state index < -0.39 is 0 Å². The summed E-state index contributed by atoms with van der Waals surface area (Å²) >= 11 is 0. The van der Waals surface area contributed by atoms with E-state index in [2.05, 4.69) is 41.5 Å². The van der Waals surface area contributed by atoms with E-state index >= 15 is 0 Å². The fourth-order valence-corrected chi connectivity index (χ4v) is 4.08. The maximum absolute atomic E-state index is 2.46. The molecule has 1 aliphatic carbocycles. The molecule has 2 unspecified atom stereocenters. The highest BCUT2D eigenvalue weighted by atomic mass is 14.4. The molecule has 150 valence electrons. The SMILES string of the molecule is CCCCCCCCCCCC1CC1CCCCC(C)(C)C(C)(C)C. The van der Waals surface area contributed by atoms with Crippen LogP contribution in [0.2, 0.25) is 0 Å². The van der Waals surface area contributed by atoms with E-state index in [1.807, 2.05) is 0 Å². The zero-order valence-corrected chi connectivity index (χ0v) is 18.8. The van der Waals surface area contributed by atoms with Crippen molar-refractivity contribution in [3.05, 3.63) is 0 Å². The number of unbranched alkanes of at least 4 members (excludes halogenated alkanes) is 9. The van der Waals surface area contributed by atoms with Gasteiger partial charge in [0, 0.05) is 0 Å². The van der Waals surface area contributed by atoms with Gasteiger partial charge in [-0.25, -0.2) is 0 Å². The van der Waals surface area contributed by atoms with Crippen molar-refractivity contribution in [1.82, 2.24) is 0 Å². The van der Waals surface area contributed by atoms with Gasteiger partial charge in [-0.2, -0.15) is 0 Å². The minimum absolute atomic E-state index is 0.436. The van der Waals surface area contributed by atoms with Crippen LogP contribution in [0.25, 0.3) is 0 Å². The minimum atomic E-state index is 0.436. The number of rotatable bonds is 15. The van der Waals surface area contributed by atoms with E-state index in [1.165, 1.54) is 89.9 Å². The molecule has 0 spiro atoms. The van der Waals surface area contributed by atoms with Crippen molar-refractivity contribution < 1.29 is 0 Å². The zero-order valence-electron chi connectivity index (χ0n) is 18.8. The molecule has 1 fully saturated rings. The highest BCUT2D eigenvalue weighted by molar-refractivity contribution is 4.86. The van der Waals surface area contributed by atoms with E-state index in [4.69, 9.17) is 0 Å². The normalized spacial score (nSPS) is 20.9. The summed E-state index contributed by atoms with van der Waals surface area (Å²) in [6.45, 7) is 14.4. The second kappa shape index (κ2) is 11.7. The molecule has 0 aliphatic heterocycles. The van der Waals surface area contributed by atoms with Gasteiger partial charge < -0.3 is 0 Å². The molecular weight excluding hydrogens is 300 g/mol. The molecule has 0 aromatic rings. The molecule has 0 radical (unpaired) electrons. The Morgan fingerprint density at radius 2 is 1.04 bits per heavy atom. The second-order valence-electron chi connectivity index (χ2n) is 10.8. The van der Waals surface area contributed by atoms with Crippen LogP contribution in [0.5, 0.6) is 0 Å². The van der Waals surface area contributed by atoms with Crippen molar-refractivity contribution in [1.29, 1.82) is 0 Å². The molecule has 25 heavy (non-hydrogen) atoms. The third-order valence-electron chi connectivity index (χ3n) is 7.40. The quantitative estimate of drug-likeness (QED) is 0.258. The Bertz CT molecular complexity index is 319. The zero-order chi connectivity index (χ0) is 18.8. The standard InChI is InChI=1S/C25H50/c1-7-8-9-10-11-12-13-14-15-18-22-21-23(22)19-16-17-20-25(5,6)24(2,3)4/h22-23H,7-21H2,1-6H3. The Hall–Kier alpha value is 0. The Labute approximate surface area is 160 Å². The topological polar surface area (TPSA) is 0 Å². The fourth-order valence-electron chi connectivity index (χ4n) is 4.08. The van der Waals surface area contributed by atoms with Gasteiger partial charge in [0.15, 0.2) is 0 Å². The van der Waals surface area contributed by atoms with Crippen LogP contribution >= 0.6 is 0 Å². The van der Waals surface area contributed by atoms with Crippen LogP contribution in [0.15, 0.2) is 0 Å². The molecular formula is C25H50. The van der Waals surface area contributed by atoms with Crippen LogP contribution in [-0.2, 0) is 0 Å². The van der Waals surface area contributed by atoms with E-state index in [0.717, 1.165) is 11.8 Å². The van der Waals surface area contributed by atoms with Crippen molar-refractivity contribution in [2.24, 2.45) is 22.7 Å². The first-order valence-electron chi connectivity index (χ1n) is 11.8. The predicted molar refractivity (Wildman–Crippen MR) is 115 cm³/mol. The molecule has 1 aliphatic rings. The van der Waals surface area contributed by atoms with Gasteiger partial charge in [0.2, 0.25) is 0 Å². The maximum Gasteiger partial charge on any atom is -0.0306 e. The first kappa shape index (κ1) is 23.0. The lowest BCUT2D eigenvalue weighted by molar-refractivity contribution is 0.115. The highest BCUT2D eigenvalue weighted by Crippen LogP contribution is 2.47. The van der Waals surface area contributed by atoms with E-state index in [0.29, 0.717) is 10.8 Å². The molecule has 0 heteroatoms. The van der Waals surface area contributed by atoms with Crippen molar-refractivity contribution in [2.75, 3.05) is 0 Å². The molecule has 0 heterocycles. The van der Waals surface area contributed by atoms with Crippen LogP contribution in [0.1, 0.15) is 138 Å². The Balaban J connectivity index is 1.89. The van der Waals surface area contributed by atoms with Crippen molar-refractivity contribution in [2.45, 2.75) is 138 Å². The molecule has 0 aromatic heterocycles. The summed E-state index contributed by atoms with van der Waals surface area (Å²) in [7, 11) is 0. The average Bonchev–Trinajstić information content (AvgIpc) is 3.27. The van der Waals surface area contributed by atoms with Gasteiger partial charge in [-0.1, -0.05) is 125 Å². The van der Waals surface area contributed by atoms with Crippen LogP contribution in [-0.4, -0.2) is 0 Å². The van der Waals surface area contributed by atoms with Gasteiger partial charge in [-0.3, -0.25) is 0 Å². The monoisotopic (exact) mass is 350 g/mol. The van der Waals surface area contributed by atoms with Gasteiger partial charge in [-0.15, -0.1) is 0 Å². The average molecular weight is 351 g/mol. The van der Waals surface area contributed by atoms with Crippen LogP contribution in [0.3, 0.4) is 0 Å². The van der Waals surface area contributed by atoms with Crippen molar-refractivity contribution in [3.63, 3.8) is 0 Å². The van der Waals surface area contributed by atoms with Crippen molar-refractivity contribution in [3.8, 4) is 0 Å². The second-order valence-corrected chi connectivity index (χ2v) is 10.8. The molecule has 2 atom stereocenters. The lowest BCUT2D eigenvalue weighted by Gasteiger charge is -2.39. The van der Waals surface area contributed by atoms with Crippen molar-refractivity contribution >= 4 is 0 Å². The Kier molecular flexibility index (Phi) is 10.7. The van der Waals surface area contributed by atoms with Gasteiger partial charge in [0.1, 0.15) is 0 Å². The summed E-state index contributed by atoms with van der Waals surface area (Å²) < 4.78 is 0. The summed E-state index contributed by atoms with van der Waals surface area (Å²) in [5.41, 5.74) is 0.914. The van der Waals surface area contributed by atoms with Gasteiger partial charge in [-0.05, 0) is 35.5 Å². The molecule has 1 rings (SSSR count). The third kappa shape index (κ3) is 10.0. The molecule has 0 saturated heterocycles. The predicted octanol–water partition coefficient (Wildman–Crippen LogP) is 9.18. The van der Waals surface area contributed by atoms with Crippen LogP contribution in [0, 0.1) is 22.7 Å². The van der Waals surface area contributed by atoms with Gasteiger partial charge in [0.25, 0.3) is 0 Å². The molecule has 0 bridgehead atoms. The lowest BCUT2D eigenvalue weighted by Crippen LogP contribution is -2.29. The van der Waals surface area contributed by atoms with Gasteiger partial charge >= 0.3 is 0 Å². The lowest BCUT2D eigenvalue weighted by atomic mass is 9.67. The van der Waals surface area contributed by atoms with E-state index in [-0.39, 0.29) is 0 Å². The number of hydrogen-bond donors (Lipinski definition) is 0. The van der Waals surface area contributed by atoms with Gasteiger partial charge in [0.05, 0.1) is 0 Å². The Morgan fingerprint density at radius 1 is 0.600 bits per heavy atom. The summed E-state index contributed by atoms with van der Waals surface area (Å²) in [6.07, 6.45) is 22.1. The molecule has 0 nitrogen and oxygen atoms in total. The number of hydrogen-bond acceptors (Lipinski definition) is 0. The first-order chi connectivity index (χ1) is 11.8. The molecule has 0 amide bonds. The fraction of sp³-hybridized carbons (Fsp3) is 1.00. The van der Waals surface area contributed by atoms with E-state index in [1.54, 1.807) is 6.42 Å². The smallest absolute Gasteiger partial charge is 0.0306 e. The summed E-state index contributed by atoms with van der Waals surface area (Å²) in [5, 5.41) is 0. The summed E-state index contributed by atoms with van der Waals surface area (Å²) in [6, 6.07) is 0. The molecule has 0 aromatic carbocycles. The minimum Gasteiger partial charge on any atom is -0.0654 e. The third-order valence-corrected chi connectivity index (χ3v) is 7.40.